The summed E-state index contributed by atoms with van der Waals surface area (Å²) >= 11 is 1.21. The largest absolute Gasteiger partial charge is 0.287 e. The van der Waals surface area contributed by atoms with Crippen LogP contribution in [-0.4, -0.2) is 5.12 Å². The van der Waals surface area contributed by atoms with Crippen LogP contribution in [0.5, 0.6) is 0 Å². The van der Waals surface area contributed by atoms with Crippen molar-refractivity contribution in [2.75, 3.05) is 0 Å². The highest BCUT2D eigenvalue weighted by molar-refractivity contribution is 8.16. The SMILES string of the molecule is CC(=O)S/C=C\c1ccccc1. The Balaban J connectivity index is 2.52. The molecular weight excluding hydrogens is 168 g/mol. The van der Waals surface area contributed by atoms with E-state index in [2.05, 4.69) is 0 Å². The number of thioether (sulfide) groups is 1. The van der Waals surface area contributed by atoms with Crippen molar-refractivity contribution in [1.82, 2.24) is 0 Å². The summed E-state index contributed by atoms with van der Waals surface area (Å²) in [6.45, 7) is 1.56. The molecule has 1 rings (SSSR count). The van der Waals surface area contributed by atoms with Gasteiger partial charge in [-0.15, -0.1) is 0 Å². The first-order chi connectivity index (χ1) is 5.79. The third-order valence-corrected chi connectivity index (χ3v) is 1.90. The molecule has 1 nitrogen and oxygen atoms in total. The number of hydrogen-bond acceptors (Lipinski definition) is 2. The maximum atomic E-state index is 10.5. The molecule has 1 aromatic carbocycles. The van der Waals surface area contributed by atoms with Gasteiger partial charge in [0.2, 0.25) is 0 Å². The van der Waals surface area contributed by atoms with Crippen molar-refractivity contribution in [2.45, 2.75) is 6.92 Å². The highest BCUT2D eigenvalue weighted by Gasteiger charge is 1.86. The van der Waals surface area contributed by atoms with E-state index in [1.165, 1.54) is 11.8 Å². The molecule has 12 heavy (non-hydrogen) atoms. The number of rotatable bonds is 2. The van der Waals surface area contributed by atoms with E-state index in [-0.39, 0.29) is 5.12 Å². The van der Waals surface area contributed by atoms with Crippen LogP contribution in [0.25, 0.3) is 6.08 Å². The molecule has 0 saturated carbocycles. The lowest BCUT2D eigenvalue weighted by molar-refractivity contribution is -0.109. The number of carbonyl (C=O) groups excluding carboxylic acids is 1. The van der Waals surface area contributed by atoms with Crippen LogP contribution in [-0.2, 0) is 4.79 Å². The summed E-state index contributed by atoms with van der Waals surface area (Å²) in [6, 6.07) is 9.90. The molecule has 62 valence electrons. The molecule has 0 bridgehead atoms. The predicted octanol–water partition coefficient (Wildman–Crippen LogP) is 2.94. The summed E-state index contributed by atoms with van der Waals surface area (Å²) in [7, 11) is 0. The Kier molecular flexibility index (Phi) is 3.61. The van der Waals surface area contributed by atoms with Crippen molar-refractivity contribution in [3.63, 3.8) is 0 Å². The van der Waals surface area contributed by atoms with Crippen LogP contribution in [0.3, 0.4) is 0 Å². The zero-order chi connectivity index (χ0) is 8.81. The van der Waals surface area contributed by atoms with E-state index in [9.17, 15) is 4.79 Å². The van der Waals surface area contributed by atoms with Crippen LogP contribution >= 0.6 is 11.8 Å². The smallest absolute Gasteiger partial charge is 0.190 e. The molecule has 0 aliphatic carbocycles. The van der Waals surface area contributed by atoms with Crippen molar-refractivity contribution in [2.24, 2.45) is 0 Å². The van der Waals surface area contributed by atoms with Crippen molar-refractivity contribution in [3.05, 3.63) is 41.3 Å². The Morgan fingerprint density at radius 1 is 1.33 bits per heavy atom. The molecule has 0 heterocycles. The molecule has 0 saturated heterocycles. The van der Waals surface area contributed by atoms with Gasteiger partial charge in [-0.1, -0.05) is 42.1 Å². The minimum absolute atomic E-state index is 0.113. The minimum atomic E-state index is 0.113. The van der Waals surface area contributed by atoms with E-state index in [0.29, 0.717) is 0 Å². The number of benzene rings is 1. The van der Waals surface area contributed by atoms with Gasteiger partial charge in [-0.3, -0.25) is 4.79 Å². The molecule has 0 spiro atoms. The maximum absolute atomic E-state index is 10.5. The van der Waals surface area contributed by atoms with Gasteiger partial charge in [-0.05, 0) is 17.0 Å². The lowest BCUT2D eigenvalue weighted by Gasteiger charge is -1.89. The second kappa shape index (κ2) is 4.78. The molecular formula is C10H10OS. The van der Waals surface area contributed by atoms with Crippen LogP contribution in [0.15, 0.2) is 35.7 Å². The third kappa shape index (κ3) is 3.39. The van der Waals surface area contributed by atoms with Gasteiger partial charge < -0.3 is 0 Å². The van der Waals surface area contributed by atoms with Crippen LogP contribution in [0.2, 0.25) is 0 Å². The Labute approximate surface area is 76.5 Å². The standard InChI is InChI=1S/C10H10OS/c1-9(11)12-8-7-10-5-3-2-4-6-10/h2-8H,1H3/b8-7-. The van der Waals surface area contributed by atoms with E-state index < -0.39 is 0 Å². The van der Waals surface area contributed by atoms with Crippen LogP contribution in [0.4, 0.5) is 0 Å². The fourth-order valence-electron chi connectivity index (χ4n) is 0.773. The van der Waals surface area contributed by atoms with E-state index in [4.69, 9.17) is 0 Å². The second-order valence-corrected chi connectivity index (χ2v) is 3.41. The zero-order valence-corrected chi connectivity index (χ0v) is 7.67. The lowest BCUT2D eigenvalue weighted by atomic mass is 10.2. The summed E-state index contributed by atoms with van der Waals surface area (Å²) in [5.41, 5.74) is 1.12. The maximum Gasteiger partial charge on any atom is 0.190 e. The van der Waals surface area contributed by atoms with Gasteiger partial charge in [0.1, 0.15) is 0 Å². The lowest BCUT2D eigenvalue weighted by Crippen LogP contribution is -1.74. The van der Waals surface area contributed by atoms with Gasteiger partial charge in [0.15, 0.2) is 5.12 Å². The van der Waals surface area contributed by atoms with Gasteiger partial charge >= 0.3 is 0 Å². The van der Waals surface area contributed by atoms with Crippen molar-refractivity contribution in [3.8, 4) is 0 Å². The Bertz CT molecular complexity index is 277. The summed E-state index contributed by atoms with van der Waals surface area (Å²) in [5.74, 6) is 0. The van der Waals surface area contributed by atoms with Gasteiger partial charge in [0.25, 0.3) is 0 Å². The topological polar surface area (TPSA) is 17.1 Å². The predicted molar refractivity (Wildman–Crippen MR) is 53.7 cm³/mol. The first-order valence-corrected chi connectivity index (χ1v) is 4.56. The van der Waals surface area contributed by atoms with Crippen LogP contribution in [0.1, 0.15) is 12.5 Å². The van der Waals surface area contributed by atoms with Crippen LogP contribution in [0, 0.1) is 0 Å². The highest BCUT2D eigenvalue weighted by Crippen LogP contribution is 2.08. The molecule has 2 heteroatoms. The Morgan fingerprint density at radius 2 is 2.00 bits per heavy atom. The molecule has 0 atom stereocenters. The fraction of sp³-hybridized carbons (Fsp3) is 0.100. The van der Waals surface area contributed by atoms with E-state index in [1.54, 1.807) is 12.3 Å². The average Bonchev–Trinajstić information content (AvgIpc) is 2.05. The molecule has 0 unspecified atom stereocenters. The highest BCUT2D eigenvalue weighted by atomic mass is 32.2. The first kappa shape index (κ1) is 9.07. The van der Waals surface area contributed by atoms with Crippen molar-refractivity contribution >= 4 is 23.0 Å². The van der Waals surface area contributed by atoms with Crippen LogP contribution < -0.4 is 0 Å². The zero-order valence-electron chi connectivity index (χ0n) is 6.86. The summed E-state index contributed by atoms with van der Waals surface area (Å²) in [4.78, 5) is 10.5. The van der Waals surface area contributed by atoms with Crippen molar-refractivity contribution < 1.29 is 4.79 Å². The monoisotopic (exact) mass is 178 g/mol. The fourth-order valence-corrected chi connectivity index (χ4v) is 1.19. The van der Waals surface area contributed by atoms with Gasteiger partial charge in [0, 0.05) is 6.92 Å². The molecule has 0 N–H and O–H groups in total. The number of carbonyl (C=O) groups is 1. The summed E-state index contributed by atoms with van der Waals surface area (Å²) in [6.07, 6.45) is 1.92. The molecule has 1 aromatic rings. The van der Waals surface area contributed by atoms with E-state index >= 15 is 0 Å². The Morgan fingerprint density at radius 3 is 2.58 bits per heavy atom. The normalized spacial score (nSPS) is 10.4. The molecule has 0 aliphatic heterocycles. The van der Waals surface area contributed by atoms with Gasteiger partial charge in [0.05, 0.1) is 0 Å². The van der Waals surface area contributed by atoms with E-state index in [0.717, 1.165) is 5.56 Å². The Hall–Kier alpha value is -1.02. The number of hydrogen-bond donors (Lipinski definition) is 0. The minimum Gasteiger partial charge on any atom is -0.287 e. The molecule has 0 aromatic heterocycles. The average molecular weight is 178 g/mol. The summed E-state index contributed by atoms with van der Waals surface area (Å²) in [5, 5.41) is 1.92. The van der Waals surface area contributed by atoms with Crippen molar-refractivity contribution in [1.29, 1.82) is 0 Å². The molecule has 0 fully saturated rings. The first-order valence-electron chi connectivity index (χ1n) is 3.68. The summed E-state index contributed by atoms with van der Waals surface area (Å²) < 4.78 is 0. The van der Waals surface area contributed by atoms with E-state index in [1.807, 2.05) is 36.4 Å². The quantitative estimate of drug-likeness (QED) is 0.692. The third-order valence-electron chi connectivity index (χ3n) is 1.29. The molecule has 0 radical (unpaired) electrons. The van der Waals surface area contributed by atoms with Gasteiger partial charge in [-0.2, -0.15) is 0 Å². The molecule has 0 amide bonds. The molecule has 0 aliphatic rings. The van der Waals surface area contributed by atoms with Gasteiger partial charge in [-0.25, -0.2) is 0 Å². The second-order valence-electron chi connectivity index (χ2n) is 2.32.